The highest BCUT2D eigenvalue weighted by Gasteiger charge is 2.27. The van der Waals surface area contributed by atoms with E-state index in [0.717, 1.165) is 30.8 Å². The number of aryl methyl sites for hydroxylation is 1. The number of aromatic nitrogens is 4. The monoisotopic (exact) mass is 351 g/mol. The third-order valence-electron chi connectivity index (χ3n) is 5.14. The van der Waals surface area contributed by atoms with Gasteiger partial charge < -0.3 is 4.90 Å². The van der Waals surface area contributed by atoms with Crippen LogP contribution >= 0.6 is 0 Å². The van der Waals surface area contributed by atoms with Crippen molar-refractivity contribution in [3.8, 4) is 0 Å². The van der Waals surface area contributed by atoms with Crippen LogP contribution in [-0.2, 0) is 0 Å². The van der Waals surface area contributed by atoms with E-state index in [9.17, 15) is 9.59 Å². The van der Waals surface area contributed by atoms with Crippen LogP contribution < -0.4 is 5.56 Å². The van der Waals surface area contributed by atoms with Gasteiger partial charge in [0.2, 0.25) is 0 Å². The molecule has 0 saturated carbocycles. The molecular formula is C19H21N5O2. The third-order valence-corrected chi connectivity index (χ3v) is 5.14. The number of piperidine rings is 1. The Balaban J connectivity index is 1.62. The zero-order valence-electron chi connectivity index (χ0n) is 14.9. The number of carbonyl (C=O) groups excluding carboxylic acids is 1. The van der Waals surface area contributed by atoms with Crippen LogP contribution in [0.25, 0.3) is 5.65 Å². The highest BCUT2D eigenvalue weighted by atomic mass is 16.2. The second-order valence-corrected chi connectivity index (χ2v) is 6.84. The van der Waals surface area contributed by atoms with Crippen molar-refractivity contribution in [2.24, 2.45) is 0 Å². The average Bonchev–Trinajstić information content (AvgIpc) is 3.10. The van der Waals surface area contributed by atoms with E-state index in [-0.39, 0.29) is 17.4 Å². The molecule has 134 valence electrons. The van der Waals surface area contributed by atoms with Gasteiger partial charge in [0, 0.05) is 48.2 Å². The minimum atomic E-state index is -0.0732. The molecule has 0 aromatic carbocycles. The second kappa shape index (κ2) is 6.40. The van der Waals surface area contributed by atoms with E-state index in [1.165, 1.54) is 4.52 Å². The zero-order chi connectivity index (χ0) is 18.3. The predicted molar refractivity (Wildman–Crippen MR) is 97.4 cm³/mol. The molecule has 3 aromatic rings. The quantitative estimate of drug-likeness (QED) is 0.766. The van der Waals surface area contributed by atoms with Crippen molar-refractivity contribution in [1.29, 1.82) is 0 Å². The molecular weight excluding hydrogens is 330 g/mol. The Labute approximate surface area is 150 Å². The van der Waals surface area contributed by atoms with Gasteiger partial charge in [-0.15, -0.1) is 0 Å². The Morgan fingerprint density at radius 2 is 2.15 bits per heavy atom. The van der Waals surface area contributed by atoms with Crippen molar-refractivity contribution >= 4 is 11.6 Å². The number of H-pyrrole nitrogens is 1. The maximum absolute atomic E-state index is 12.7. The van der Waals surface area contributed by atoms with Gasteiger partial charge in [-0.2, -0.15) is 0 Å². The summed E-state index contributed by atoms with van der Waals surface area (Å²) in [4.78, 5) is 35.6. The van der Waals surface area contributed by atoms with Gasteiger partial charge in [-0.3, -0.25) is 19.7 Å². The summed E-state index contributed by atoms with van der Waals surface area (Å²) in [5.74, 6) is 0.103. The van der Waals surface area contributed by atoms with Crippen LogP contribution in [0.4, 0.5) is 0 Å². The Bertz CT molecular complexity index is 1020. The number of carbonyl (C=O) groups is 1. The lowest BCUT2D eigenvalue weighted by molar-refractivity contribution is 0.0700. The van der Waals surface area contributed by atoms with E-state index >= 15 is 0 Å². The molecule has 1 N–H and O–H groups in total. The molecule has 1 atom stereocenters. The number of likely N-dealkylation sites (tertiary alicyclic amines) is 1. The van der Waals surface area contributed by atoms with Gasteiger partial charge in [0.15, 0.2) is 5.65 Å². The van der Waals surface area contributed by atoms with Gasteiger partial charge in [0.1, 0.15) is 5.69 Å². The number of nitrogens with zero attached hydrogens (tertiary/aromatic N) is 4. The number of amides is 1. The highest BCUT2D eigenvalue weighted by Crippen LogP contribution is 2.27. The van der Waals surface area contributed by atoms with Crippen molar-refractivity contribution in [3.05, 3.63) is 63.5 Å². The summed E-state index contributed by atoms with van der Waals surface area (Å²) in [7, 11) is 0. The molecule has 0 radical (unpaired) electrons. The summed E-state index contributed by atoms with van der Waals surface area (Å²) in [6.45, 7) is 4.96. The standard InChI is InChI=1S/C19H21N5O2/c1-12-13(2)21-17-10-16(22-24(17)18(12)25)14-6-5-9-23(11-14)19(26)15-7-3-4-8-20-15/h3-4,7-8,10,14,22H,5-6,9,11H2,1-2H3. The largest absolute Gasteiger partial charge is 0.337 e. The summed E-state index contributed by atoms with van der Waals surface area (Å²) in [6.07, 6.45) is 3.51. The molecule has 1 fully saturated rings. The third kappa shape index (κ3) is 2.79. The second-order valence-electron chi connectivity index (χ2n) is 6.84. The molecule has 1 amide bonds. The van der Waals surface area contributed by atoms with Crippen LogP contribution in [-0.4, -0.2) is 43.5 Å². The summed E-state index contributed by atoms with van der Waals surface area (Å²) >= 11 is 0. The summed E-state index contributed by atoms with van der Waals surface area (Å²) < 4.78 is 1.50. The Morgan fingerprint density at radius 1 is 1.31 bits per heavy atom. The van der Waals surface area contributed by atoms with Crippen LogP contribution in [0.1, 0.15) is 46.2 Å². The molecule has 1 aliphatic rings. The van der Waals surface area contributed by atoms with Gasteiger partial charge in [-0.1, -0.05) is 6.07 Å². The van der Waals surface area contributed by atoms with E-state index in [4.69, 9.17) is 0 Å². The zero-order valence-corrected chi connectivity index (χ0v) is 14.9. The van der Waals surface area contributed by atoms with E-state index < -0.39 is 0 Å². The van der Waals surface area contributed by atoms with Gasteiger partial charge in [0.25, 0.3) is 11.5 Å². The first-order chi connectivity index (χ1) is 12.5. The Kier molecular flexibility index (Phi) is 4.06. The van der Waals surface area contributed by atoms with Crippen LogP contribution in [0.5, 0.6) is 0 Å². The minimum absolute atomic E-state index is 0.0478. The maximum atomic E-state index is 12.7. The maximum Gasteiger partial charge on any atom is 0.275 e. The predicted octanol–water partition coefficient (Wildman–Crippen LogP) is 2.05. The van der Waals surface area contributed by atoms with Crippen LogP contribution in [0.2, 0.25) is 0 Å². The SMILES string of the molecule is Cc1nc2cc(C3CCCN(C(=O)c4ccccn4)C3)[nH]n2c(=O)c1C. The van der Waals surface area contributed by atoms with E-state index in [2.05, 4.69) is 15.1 Å². The number of nitrogens with one attached hydrogen (secondary N) is 1. The molecule has 1 aliphatic heterocycles. The fraction of sp³-hybridized carbons (Fsp3) is 0.368. The molecule has 0 spiro atoms. The number of fused-ring (bicyclic) bond motifs is 1. The average molecular weight is 351 g/mol. The Hall–Kier alpha value is -2.96. The molecule has 26 heavy (non-hydrogen) atoms. The topological polar surface area (TPSA) is 83.4 Å². The molecule has 7 nitrogen and oxygen atoms in total. The number of pyridine rings is 1. The lowest BCUT2D eigenvalue weighted by Gasteiger charge is -2.32. The van der Waals surface area contributed by atoms with Gasteiger partial charge in [-0.25, -0.2) is 9.50 Å². The van der Waals surface area contributed by atoms with Crippen molar-refractivity contribution in [1.82, 2.24) is 24.5 Å². The van der Waals surface area contributed by atoms with Crippen molar-refractivity contribution in [2.45, 2.75) is 32.6 Å². The molecule has 1 unspecified atom stereocenters. The normalized spacial score (nSPS) is 17.6. The van der Waals surface area contributed by atoms with E-state index in [0.29, 0.717) is 23.4 Å². The van der Waals surface area contributed by atoms with Gasteiger partial charge in [0.05, 0.1) is 0 Å². The van der Waals surface area contributed by atoms with Crippen molar-refractivity contribution < 1.29 is 4.79 Å². The first-order valence-corrected chi connectivity index (χ1v) is 8.84. The Morgan fingerprint density at radius 3 is 2.92 bits per heavy atom. The first kappa shape index (κ1) is 16.5. The van der Waals surface area contributed by atoms with Crippen molar-refractivity contribution in [2.75, 3.05) is 13.1 Å². The summed E-state index contributed by atoms with van der Waals surface area (Å²) in [5.41, 5.74) is 3.35. The number of rotatable bonds is 2. The fourth-order valence-corrected chi connectivity index (χ4v) is 3.51. The van der Waals surface area contributed by atoms with Gasteiger partial charge in [-0.05, 0) is 38.8 Å². The highest BCUT2D eigenvalue weighted by molar-refractivity contribution is 5.92. The molecule has 3 aromatic heterocycles. The molecule has 7 heteroatoms. The van der Waals surface area contributed by atoms with Gasteiger partial charge >= 0.3 is 0 Å². The van der Waals surface area contributed by atoms with Crippen LogP contribution in [0, 0.1) is 13.8 Å². The van der Waals surface area contributed by atoms with Crippen molar-refractivity contribution in [3.63, 3.8) is 0 Å². The van der Waals surface area contributed by atoms with Crippen LogP contribution in [0.3, 0.4) is 0 Å². The summed E-state index contributed by atoms with van der Waals surface area (Å²) in [5, 5.41) is 3.19. The molecule has 1 saturated heterocycles. The van der Waals surface area contributed by atoms with E-state index in [1.54, 1.807) is 25.3 Å². The number of hydrogen-bond acceptors (Lipinski definition) is 4. The molecule has 0 bridgehead atoms. The van der Waals surface area contributed by atoms with E-state index in [1.807, 2.05) is 24.0 Å². The van der Waals surface area contributed by atoms with Crippen LogP contribution in [0.15, 0.2) is 35.3 Å². The molecule has 4 rings (SSSR count). The molecule has 0 aliphatic carbocycles. The summed E-state index contributed by atoms with van der Waals surface area (Å²) in [6, 6.07) is 7.29. The first-order valence-electron chi connectivity index (χ1n) is 8.84. The molecule has 4 heterocycles. The lowest BCUT2D eigenvalue weighted by atomic mass is 9.94. The minimum Gasteiger partial charge on any atom is -0.337 e. The smallest absolute Gasteiger partial charge is 0.275 e. The fourth-order valence-electron chi connectivity index (χ4n) is 3.51. The number of hydrogen-bond donors (Lipinski definition) is 1. The number of aromatic amines is 1. The lowest BCUT2D eigenvalue weighted by Crippen LogP contribution is -2.39.